The molecule has 1 aliphatic heterocycles. The third kappa shape index (κ3) is 4.81. The number of nitrogens with one attached hydrogen (secondary N) is 1. The number of amides is 1. The van der Waals surface area contributed by atoms with Crippen LogP contribution in [0, 0.1) is 17.2 Å². The summed E-state index contributed by atoms with van der Waals surface area (Å²) in [5.41, 5.74) is 0.733. The van der Waals surface area contributed by atoms with Gasteiger partial charge < -0.3 is 14.8 Å². The minimum absolute atomic E-state index is 0.0785. The van der Waals surface area contributed by atoms with E-state index in [0.717, 1.165) is 11.8 Å². The van der Waals surface area contributed by atoms with Gasteiger partial charge in [-0.05, 0) is 24.6 Å². The van der Waals surface area contributed by atoms with E-state index in [2.05, 4.69) is 11.4 Å². The number of rotatable bonds is 6. The molecule has 7 nitrogen and oxygen atoms in total. The fourth-order valence-electron chi connectivity index (χ4n) is 2.68. The van der Waals surface area contributed by atoms with Gasteiger partial charge in [0.1, 0.15) is 5.92 Å². The van der Waals surface area contributed by atoms with Crippen molar-refractivity contribution in [2.24, 2.45) is 5.92 Å². The Morgan fingerprint density at radius 2 is 2.00 bits per heavy atom. The fraction of sp³-hybridized carbons (Fsp3) is 0.333. The summed E-state index contributed by atoms with van der Waals surface area (Å²) in [6.45, 7) is 1.91. The number of carbonyl (C=O) groups excluding carboxylic acids is 3. The van der Waals surface area contributed by atoms with E-state index in [4.69, 9.17) is 21.1 Å². The Labute approximate surface area is 165 Å². The summed E-state index contributed by atoms with van der Waals surface area (Å²) in [5, 5.41) is 12.9. The molecule has 1 aliphatic rings. The van der Waals surface area contributed by atoms with E-state index in [1.807, 2.05) is 0 Å². The number of nitriles is 1. The average Bonchev–Trinajstić information content (AvgIpc) is 2.66. The van der Waals surface area contributed by atoms with Crippen LogP contribution in [0.25, 0.3) is 0 Å². The van der Waals surface area contributed by atoms with Gasteiger partial charge in [-0.15, -0.1) is 0 Å². The molecule has 0 spiro atoms. The van der Waals surface area contributed by atoms with Gasteiger partial charge in [0.05, 0.1) is 36.1 Å². The van der Waals surface area contributed by atoms with Crippen LogP contribution in [0.1, 0.15) is 18.4 Å². The quantitative estimate of drug-likeness (QED) is 0.569. The van der Waals surface area contributed by atoms with E-state index < -0.39 is 29.7 Å². The number of esters is 2. The molecule has 1 amide bonds. The van der Waals surface area contributed by atoms with Crippen LogP contribution in [-0.4, -0.2) is 37.3 Å². The third-order valence-corrected chi connectivity index (χ3v) is 5.10. The van der Waals surface area contributed by atoms with E-state index in [9.17, 15) is 19.6 Å². The molecule has 142 valence electrons. The smallest absolute Gasteiger partial charge is 0.319 e. The van der Waals surface area contributed by atoms with Crippen molar-refractivity contribution >= 4 is 41.2 Å². The second-order valence-electron chi connectivity index (χ2n) is 5.47. The Balaban J connectivity index is 2.48. The number of ether oxygens (including phenoxy) is 2. The maximum Gasteiger partial charge on any atom is 0.319 e. The molecule has 1 aromatic rings. The van der Waals surface area contributed by atoms with Crippen LogP contribution in [-0.2, 0) is 23.9 Å². The molecular weight excluding hydrogens is 392 g/mol. The van der Waals surface area contributed by atoms with Gasteiger partial charge in [-0.3, -0.25) is 14.4 Å². The highest BCUT2D eigenvalue weighted by molar-refractivity contribution is 8.03. The van der Waals surface area contributed by atoms with Crippen molar-refractivity contribution < 1.29 is 23.9 Å². The lowest BCUT2D eigenvalue weighted by Crippen LogP contribution is -2.44. The van der Waals surface area contributed by atoms with Crippen molar-refractivity contribution in [3.05, 3.63) is 45.5 Å². The number of halogens is 1. The van der Waals surface area contributed by atoms with E-state index in [1.165, 1.54) is 7.11 Å². The molecule has 0 aromatic heterocycles. The molecular formula is C18H17ClN2O5S. The number of methoxy groups -OCH3 is 1. The first-order valence-electron chi connectivity index (χ1n) is 7.99. The highest BCUT2D eigenvalue weighted by atomic mass is 35.5. The number of benzene rings is 1. The molecule has 1 heterocycles. The lowest BCUT2D eigenvalue weighted by molar-refractivity contribution is -0.150. The summed E-state index contributed by atoms with van der Waals surface area (Å²) < 4.78 is 9.62. The molecule has 1 aromatic carbocycles. The van der Waals surface area contributed by atoms with Gasteiger partial charge in [-0.1, -0.05) is 35.5 Å². The van der Waals surface area contributed by atoms with Gasteiger partial charge in [0, 0.05) is 10.9 Å². The molecule has 0 fully saturated rings. The second-order valence-corrected chi connectivity index (χ2v) is 6.89. The van der Waals surface area contributed by atoms with Crippen LogP contribution >= 0.6 is 23.4 Å². The van der Waals surface area contributed by atoms with Crippen LogP contribution < -0.4 is 5.32 Å². The van der Waals surface area contributed by atoms with Gasteiger partial charge in [0.25, 0.3) is 0 Å². The molecule has 2 rings (SSSR count). The van der Waals surface area contributed by atoms with Gasteiger partial charge >= 0.3 is 11.9 Å². The zero-order chi connectivity index (χ0) is 20.0. The molecule has 9 heteroatoms. The van der Waals surface area contributed by atoms with E-state index in [0.29, 0.717) is 10.6 Å². The first-order valence-corrected chi connectivity index (χ1v) is 9.36. The summed E-state index contributed by atoms with van der Waals surface area (Å²) >= 11 is 6.89. The maximum absolute atomic E-state index is 12.6. The minimum atomic E-state index is -1.22. The fourth-order valence-corrected chi connectivity index (χ4v) is 3.66. The minimum Gasteiger partial charge on any atom is -0.468 e. The SMILES string of the molecule is CCOC(=O)CSC1=C(C#N)[C@H](c2ccc(Cl)cc2)[C@@H](C(=O)OC)C(=O)N1. The summed E-state index contributed by atoms with van der Waals surface area (Å²) in [6.07, 6.45) is 0. The molecule has 27 heavy (non-hydrogen) atoms. The van der Waals surface area contributed by atoms with E-state index in [1.54, 1.807) is 31.2 Å². The van der Waals surface area contributed by atoms with Crippen molar-refractivity contribution in [1.82, 2.24) is 5.32 Å². The Bertz CT molecular complexity index is 816. The summed E-state index contributed by atoms with van der Waals surface area (Å²) in [5.74, 6) is -3.98. The third-order valence-electron chi connectivity index (χ3n) is 3.85. The highest BCUT2D eigenvalue weighted by Crippen LogP contribution is 2.40. The van der Waals surface area contributed by atoms with Crippen LogP contribution in [0.2, 0.25) is 5.02 Å². The van der Waals surface area contributed by atoms with Gasteiger partial charge in [-0.2, -0.15) is 5.26 Å². The van der Waals surface area contributed by atoms with Crippen molar-refractivity contribution in [1.29, 1.82) is 5.26 Å². The first kappa shape index (κ1) is 20.8. The van der Waals surface area contributed by atoms with Crippen molar-refractivity contribution in [2.45, 2.75) is 12.8 Å². The molecule has 0 saturated carbocycles. The monoisotopic (exact) mass is 408 g/mol. The topological polar surface area (TPSA) is 105 Å². The van der Waals surface area contributed by atoms with E-state index in [-0.39, 0.29) is 23.0 Å². The zero-order valence-electron chi connectivity index (χ0n) is 14.7. The second kappa shape index (κ2) is 9.44. The lowest BCUT2D eigenvalue weighted by Gasteiger charge is -2.30. The zero-order valence-corrected chi connectivity index (χ0v) is 16.2. The standard InChI is InChI=1S/C18H17ClN2O5S/c1-3-26-13(22)9-27-17-12(8-20)14(10-4-6-11(19)7-5-10)15(16(23)21-17)18(24)25-2/h4-7,14-15H,3,9H2,1-2H3,(H,21,23)/t14-,15+/m0/s1. The van der Waals surface area contributed by atoms with Crippen molar-refractivity contribution in [2.75, 3.05) is 19.5 Å². The van der Waals surface area contributed by atoms with Gasteiger partial charge in [0.15, 0.2) is 0 Å². The Hall–Kier alpha value is -2.50. The molecule has 0 radical (unpaired) electrons. The Morgan fingerprint density at radius 1 is 1.33 bits per heavy atom. The average molecular weight is 409 g/mol. The van der Waals surface area contributed by atoms with Crippen molar-refractivity contribution in [3.63, 3.8) is 0 Å². The predicted molar refractivity (Wildman–Crippen MR) is 99.6 cm³/mol. The van der Waals surface area contributed by atoms with Crippen LogP contribution in [0.15, 0.2) is 34.9 Å². The van der Waals surface area contributed by atoms with Gasteiger partial charge in [-0.25, -0.2) is 0 Å². The number of allylic oxidation sites excluding steroid dienone is 1. The molecule has 0 bridgehead atoms. The Kier molecular flexibility index (Phi) is 7.28. The summed E-state index contributed by atoms with van der Waals surface area (Å²) in [7, 11) is 1.18. The summed E-state index contributed by atoms with van der Waals surface area (Å²) in [4.78, 5) is 36.4. The Morgan fingerprint density at radius 3 is 2.56 bits per heavy atom. The highest BCUT2D eigenvalue weighted by Gasteiger charge is 2.44. The molecule has 0 saturated heterocycles. The van der Waals surface area contributed by atoms with Crippen LogP contribution in [0.5, 0.6) is 0 Å². The molecule has 0 aliphatic carbocycles. The number of thioether (sulfide) groups is 1. The number of nitrogens with zero attached hydrogens (tertiary/aromatic N) is 1. The van der Waals surface area contributed by atoms with Gasteiger partial charge in [0.2, 0.25) is 5.91 Å². The molecule has 1 N–H and O–H groups in total. The molecule has 2 atom stereocenters. The predicted octanol–water partition coefficient (Wildman–Crippen LogP) is 2.37. The largest absolute Gasteiger partial charge is 0.468 e. The van der Waals surface area contributed by atoms with Crippen LogP contribution in [0.4, 0.5) is 0 Å². The summed E-state index contributed by atoms with van der Waals surface area (Å²) in [6, 6.07) is 8.56. The van der Waals surface area contributed by atoms with Crippen molar-refractivity contribution in [3.8, 4) is 6.07 Å². The first-order chi connectivity index (χ1) is 12.9. The normalized spacial score (nSPS) is 19.1. The van der Waals surface area contributed by atoms with Crippen LogP contribution in [0.3, 0.4) is 0 Å². The number of carbonyl (C=O) groups is 3. The molecule has 0 unspecified atom stereocenters. The number of hydrogen-bond donors (Lipinski definition) is 1. The van der Waals surface area contributed by atoms with E-state index >= 15 is 0 Å². The maximum atomic E-state index is 12.6. The lowest BCUT2D eigenvalue weighted by atomic mass is 9.78. The number of hydrogen-bond acceptors (Lipinski definition) is 7.